The fourth-order valence-corrected chi connectivity index (χ4v) is 2.85. The van der Waals surface area contributed by atoms with Gasteiger partial charge in [-0.15, -0.1) is 11.3 Å². The maximum atomic E-state index is 11.7. The Morgan fingerprint density at radius 2 is 2.00 bits per heavy atom. The quantitative estimate of drug-likeness (QED) is 0.650. The molecule has 7 nitrogen and oxygen atoms in total. The molecule has 0 fully saturated rings. The van der Waals surface area contributed by atoms with Crippen molar-refractivity contribution in [1.29, 1.82) is 0 Å². The van der Waals surface area contributed by atoms with Crippen LogP contribution in [0, 0.1) is 0 Å². The summed E-state index contributed by atoms with van der Waals surface area (Å²) in [7, 11) is 1.50. The summed E-state index contributed by atoms with van der Waals surface area (Å²) in [5.74, 6) is -1.02. The standard InChI is InChI=1S/C13H15N5O2S/c1-16-12(20)10-9(14)8(11(15)19)13(21-10)18-6-7-2-4-17-5-3-7/h2-5,18H,6,14H2,1H3,(H2,15,19)(H,16,20). The Hall–Kier alpha value is -2.61. The van der Waals surface area contributed by atoms with Crippen LogP contribution in [0.4, 0.5) is 10.7 Å². The van der Waals surface area contributed by atoms with E-state index in [0.29, 0.717) is 11.5 Å². The molecule has 0 aliphatic carbocycles. The molecule has 8 heteroatoms. The van der Waals surface area contributed by atoms with Gasteiger partial charge in [-0.3, -0.25) is 14.6 Å². The van der Waals surface area contributed by atoms with Gasteiger partial charge in [0, 0.05) is 26.0 Å². The molecule has 21 heavy (non-hydrogen) atoms. The van der Waals surface area contributed by atoms with Crippen LogP contribution >= 0.6 is 11.3 Å². The number of nitrogens with two attached hydrogens (primary N) is 2. The molecule has 0 saturated carbocycles. The fourth-order valence-electron chi connectivity index (χ4n) is 1.78. The SMILES string of the molecule is CNC(=O)c1sc(NCc2ccncc2)c(C(N)=O)c1N. The first kappa shape index (κ1) is 14.8. The number of nitrogen functional groups attached to an aromatic ring is 1. The van der Waals surface area contributed by atoms with Crippen LogP contribution in [0.1, 0.15) is 25.6 Å². The Morgan fingerprint density at radius 1 is 1.33 bits per heavy atom. The third-order valence-corrected chi connectivity index (χ3v) is 3.99. The third kappa shape index (κ3) is 3.11. The molecule has 0 saturated heterocycles. The summed E-state index contributed by atoms with van der Waals surface area (Å²) in [5, 5.41) is 6.04. The van der Waals surface area contributed by atoms with Crippen LogP contribution in [0.25, 0.3) is 0 Å². The zero-order chi connectivity index (χ0) is 15.4. The number of carbonyl (C=O) groups excluding carboxylic acids is 2. The van der Waals surface area contributed by atoms with Crippen LogP contribution in [0.15, 0.2) is 24.5 Å². The van der Waals surface area contributed by atoms with Gasteiger partial charge < -0.3 is 22.1 Å². The Labute approximate surface area is 125 Å². The third-order valence-electron chi connectivity index (χ3n) is 2.83. The van der Waals surface area contributed by atoms with E-state index in [9.17, 15) is 9.59 Å². The lowest BCUT2D eigenvalue weighted by Crippen LogP contribution is -2.19. The Kier molecular flexibility index (Phi) is 4.39. The van der Waals surface area contributed by atoms with Gasteiger partial charge in [-0.2, -0.15) is 0 Å². The van der Waals surface area contributed by atoms with E-state index in [-0.39, 0.29) is 22.0 Å². The molecule has 0 unspecified atom stereocenters. The molecular formula is C13H15N5O2S. The van der Waals surface area contributed by atoms with Crippen LogP contribution in [0.2, 0.25) is 0 Å². The van der Waals surface area contributed by atoms with Gasteiger partial charge in [0.2, 0.25) is 0 Å². The van der Waals surface area contributed by atoms with Crippen molar-refractivity contribution in [3.63, 3.8) is 0 Å². The number of carbonyl (C=O) groups is 2. The summed E-state index contributed by atoms with van der Waals surface area (Å²) in [6.45, 7) is 0.468. The molecule has 0 atom stereocenters. The minimum Gasteiger partial charge on any atom is -0.397 e. The highest BCUT2D eigenvalue weighted by molar-refractivity contribution is 7.19. The van der Waals surface area contributed by atoms with Gasteiger partial charge in [-0.25, -0.2) is 0 Å². The molecule has 0 spiro atoms. The van der Waals surface area contributed by atoms with E-state index in [4.69, 9.17) is 11.5 Å². The van der Waals surface area contributed by atoms with Gasteiger partial charge in [-0.05, 0) is 17.7 Å². The number of pyridine rings is 1. The summed E-state index contributed by atoms with van der Waals surface area (Å²) in [6, 6.07) is 3.68. The first-order chi connectivity index (χ1) is 10.0. The molecule has 2 amide bonds. The van der Waals surface area contributed by atoms with Crippen molar-refractivity contribution in [3.8, 4) is 0 Å². The highest BCUT2D eigenvalue weighted by Gasteiger charge is 2.23. The minimum absolute atomic E-state index is 0.101. The monoisotopic (exact) mass is 305 g/mol. The van der Waals surface area contributed by atoms with Gasteiger partial charge in [0.15, 0.2) is 0 Å². The second kappa shape index (κ2) is 6.23. The van der Waals surface area contributed by atoms with E-state index in [2.05, 4.69) is 15.6 Å². The topological polar surface area (TPSA) is 123 Å². The minimum atomic E-state index is -0.670. The second-order valence-electron chi connectivity index (χ2n) is 4.20. The lowest BCUT2D eigenvalue weighted by atomic mass is 10.2. The van der Waals surface area contributed by atoms with Gasteiger partial charge in [-0.1, -0.05) is 0 Å². The maximum Gasteiger partial charge on any atom is 0.263 e. The fraction of sp³-hybridized carbons (Fsp3) is 0.154. The Morgan fingerprint density at radius 3 is 2.57 bits per heavy atom. The molecule has 0 aromatic carbocycles. The van der Waals surface area contributed by atoms with Gasteiger partial charge in [0.1, 0.15) is 9.88 Å². The van der Waals surface area contributed by atoms with Gasteiger partial charge in [0.05, 0.1) is 11.3 Å². The highest BCUT2D eigenvalue weighted by Crippen LogP contribution is 2.35. The molecule has 110 valence electrons. The molecule has 6 N–H and O–H groups in total. The van der Waals surface area contributed by atoms with Crippen LogP contribution in [-0.2, 0) is 6.54 Å². The molecule has 0 radical (unpaired) electrons. The average Bonchev–Trinajstić information content (AvgIpc) is 2.82. The van der Waals surface area contributed by atoms with Crippen LogP contribution in [0.3, 0.4) is 0 Å². The van der Waals surface area contributed by atoms with Crippen LogP contribution < -0.4 is 22.1 Å². The predicted octanol–water partition coefficient (Wildman–Crippen LogP) is 0.796. The Balaban J connectivity index is 2.30. The van der Waals surface area contributed by atoms with Crippen LogP contribution in [-0.4, -0.2) is 23.8 Å². The number of nitrogens with zero attached hydrogens (tertiary/aromatic N) is 1. The largest absolute Gasteiger partial charge is 0.397 e. The van der Waals surface area contributed by atoms with Crippen LogP contribution in [0.5, 0.6) is 0 Å². The number of anilines is 2. The summed E-state index contributed by atoms with van der Waals surface area (Å²) >= 11 is 1.10. The van der Waals surface area contributed by atoms with E-state index >= 15 is 0 Å². The van der Waals surface area contributed by atoms with Gasteiger partial charge in [0.25, 0.3) is 11.8 Å². The summed E-state index contributed by atoms with van der Waals surface area (Å²) in [4.78, 5) is 27.5. The smallest absolute Gasteiger partial charge is 0.263 e. The first-order valence-electron chi connectivity index (χ1n) is 6.11. The van der Waals surface area contributed by atoms with Crippen molar-refractivity contribution in [1.82, 2.24) is 10.3 Å². The van der Waals surface area contributed by atoms with Crippen molar-refractivity contribution in [2.24, 2.45) is 5.73 Å². The Bertz CT molecular complexity index is 669. The van der Waals surface area contributed by atoms with E-state index < -0.39 is 5.91 Å². The van der Waals surface area contributed by atoms with E-state index in [1.54, 1.807) is 12.4 Å². The zero-order valence-corrected chi connectivity index (χ0v) is 12.2. The molecule has 0 aliphatic rings. The molecule has 2 aromatic rings. The van der Waals surface area contributed by atoms with Crippen molar-refractivity contribution >= 4 is 33.8 Å². The number of thiophene rings is 1. The van der Waals surface area contributed by atoms with E-state index in [1.165, 1.54) is 7.05 Å². The van der Waals surface area contributed by atoms with Crippen molar-refractivity contribution in [2.75, 3.05) is 18.1 Å². The number of rotatable bonds is 5. The van der Waals surface area contributed by atoms with E-state index in [0.717, 1.165) is 16.9 Å². The number of nitrogens with one attached hydrogen (secondary N) is 2. The zero-order valence-electron chi connectivity index (χ0n) is 11.3. The number of hydrogen-bond acceptors (Lipinski definition) is 6. The van der Waals surface area contributed by atoms with Crippen molar-refractivity contribution < 1.29 is 9.59 Å². The van der Waals surface area contributed by atoms with Gasteiger partial charge >= 0.3 is 0 Å². The summed E-state index contributed by atoms with van der Waals surface area (Å²) < 4.78 is 0. The molecule has 2 aromatic heterocycles. The average molecular weight is 305 g/mol. The molecule has 0 bridgehead atoms. The number of hydrogen-bond donors (Lipinski definition) is 4. The second-order valence-corrected chi connectivity index (χ2v) is 5.22. The number of amides is 2. The van der Waals surface area contributed by atoms with E-state index in [1.807, 2.05) is 12.1 Å². The molecule has 0 aliphatic heterocycles. The molecule has 2 rings (SSSR count). The van der Waals surface area contributed by atoms with Crippen molar-refractivity contribution in [2.45, 2.75) is 6.54 Å². The summed E-state index contributed by atoms with van der Waals surface area (Å²) in [6.07, 6.45) is 3.34. The predicted molar refractivity (Wildman–Crippen MR) is 82.2 cm³/mol. The first-order valence-corrected chi connectivity index (χ1v) is 6.93. The normalized spacial score (nSPS) is 10.1. The van der Waals surface area contributed by atoms with Crippen molar-refractivity contribution in [3.05, 3.63) is 40.5 Å². The lowest BCUT2D eigenvalue weighted by molar-refractivity contribution is 0.0967. The molecular weight excluding hydrogens is 290 g/mol. The lowest BCUT2D eigenvalue weighted by Gasteiger charge is -2.05. The molecule has 2 heterocycles. The summed E-state index contributed by atoms with van der Waals surface area (Å²) in [5.41, 5.74) is 12.4. The number of primary amides is 1. The highest BCUT2D eigenvalue weighted by atomic mass is 32.1. The number of aromatic nitrogens is 1. The maximum absolute atomic E-state index is 11.7.